The van der Waals surface area contributed by atoms with Gasteiger partial charge in [0.2, 0.25) is 9.84 Å². The van der Waals surface area contributed by atoms with Crippen LogP contribution in [0.15, 0.2) is 29.2 Å². The Kier molecular flexibility index (Phi) is 5.49. The molecule has 0 aliphatic rings. The average molecular weight is 279 g/mol. The zero-order valence-corrected chi connectivity index (χ0v) is 10.7. The average Bonchev–Trinajstić information content (AvgIpc) is 2.35. The lowest BCUT2D eigenvalue weighted by molar-refractivity contribution is 0.158. The molecule has 0 aliphatic heterocycles. The molecule has 0 unspecified atom stereocenters. The number of hydrogen-bond acceptors (Lipinski definition) is 4. The predicted octanol–water partition coefficient (Wildman–Crippen LogP) is 2.13. The maximum atomic E-state index is 12.3. The van der Waals surface area contributed by atoms with Gasteiger partial charge in [-0.15, -0.1) is 0 Å². The van der Waals surface area contributed by atoms with E-state index in [1.165, 1.54) is 12.1 Å². The molecule has 0 radical (unpaired) electrons. The van der Waals surface area contributed by atoms with E-state index in [2.05, 4.69) is 5.32 Å². The molecule has 1 rings (SSSR count). The van der Waals surface area contributed by atoms with E-state index in [0.717, 1.165) is 12.1 Å². The zero-order chi connectivity index (χ0) is 13.6. The molecule has 0 aliphatic carbocycles. The number of anilines is 1. The maximum Gasteiger partial charge on any atom is 0.341 e. The van der Waals surface area contributed by atoms with E-state index in [0.29, 0.717) is 25.4 Å². The molecule has 0 amide bonds. The van der Waals surface area contributed by atoms with E-state index in [9.17, 15) is 17.2 Å². The second-order valence-corrected chi connectivity index (χ2v) is 5.37. The molecule has 0 atom stereocenters. The summed E-state index contributed by atoms with van der Waals surface area (Å²) in [5.74, 6) is -3.39. The minimum atomic E-state index is -4.51. The summed E-state index contributed by atoms with van der Waals surface area (Å²) < 4.78 is 51.9. The molecule has 4 nitrogen and oxygen atoms in total. The van der Waals surface area contributed by atoms with Crippen molar-refractivity contribution in [1.29, 1.82) is 0 Å². The number of nitrogens with one attached hydrogen (secondary N) is 1. The van der Waals surface area contributed by atoms with Gasteiger partial charge in [-0.1, -0.05) is 0 Å². The van der Waals surface area contributed by atoms with Crippen molar-refractivity contribution >= 4 is 15.5 Å². The maximum absolute atomic E-state index is 12.3. The van der Waals surface area contributed by atoms with Gasteiger partial charge in [-0.3, -0.25) is 0 Å². The molecule has 0 saturated carbocycles. The number of alkyl halides is 2. The highest BCUT2D eigenvalue weighted by Gasteiger charge is 2.26. The van der Waals surface area contributed by atoms with Crippen LogP contribution in [0.4, 0.5) is 14.5 Å². The lowest BCUT2D eigenvalue weighted by Gasteiger charge is -2.07. The molecule has 0 aromatic heterocycles. The summed E-state index contributed by atoms with van der Waals surface area (Å²) in [6, 6.07) is 5.21. The van der Waals surface area contributed by atoms with Gasteiger partial charge in [0.05, 0.1) is 11.5 Å². The van der Waals surface area contributed by atoms with E-state index in [1.807, 2.05) is 6.92 Å². The molecule has 0 spiro atoms. The second kappa shape index (κ2) is 6.65. The highest BCUT2D eigenvalue weighted by Crippen LogP contribution is 2.20. The number of halogens is 2. The minimum Gasteiger partial charge on any atom is -0.383 e. The molecule has 0 fully saturated rings. The molecule has 102 valence electrons. The van der Waals surface area contributed by atoms with Gasteiger partial charge in [0.1, 0.15) is 0 Å². The summed E-state index contributed by atoms with van der Waals surface area (Å²) in [6.07, 6.45) is 0. The fraction of sp³-hybridized carbons (Fsp3) is 0.455. The molecule has 0 heterocycles. The number of ether oxygens (including phenoxy) is 1. The van der Waals surface area contributed by atoms with Crippen LogP contribution in [-0.2, 0) is 14.6 Å². The first-order valence-electron chi connectivity index (χ1n) is 5.42. The molecule has 1 aromatic rings. The Morgan fingerprint density at radius 1 is 1.28 bits per heavy atom. The van der Waals surface area contributed by atoms with Gasteiger partial charge in [-0.2, -0.15) is 8.78 Å². The van der Waals surface area contributed by atoms with Crippen LogP contribution in [0.2, 0.25) is 0 Å². The number of sulfone groups is 1. The van der Waals surface area contributed by atoms with Crippen LogP contribution in [-0.4, -0.2) is 33.9 Å². The largest absolute Gasteiger partial charge is 0.383 e. The van der Waals surface area contributed by atoms with Crippen molar-refractivity contribution in [3.05, 3.63) is 24.3 Å². The molecule has 0 bridgehead atoms. The van der Waals surface area contributed by atoms with Crippen molar-refractivity contribution in [2.75, 3.05) is 25.1 Å². The van der Waals surface area contributed by atoms with Gasteiger partial charge in [0.25, 0.3) is 0 Å². The van der Waals surface area contributed by atoms with Crippen LogP contribution in [0.25, 0.3) is 0 Å². The minimum absolute atomic E-state index is 0.382. The molecule has 18 heavy (non-hydrogen) atoms. The third-order valence-corrected chi connectivity index (χ3v) is 3.60. The highest BCUT2D eigenvalue weighted by atomic mass is 32.2. The van der Waals surface area contributed by atoms with Crippen molar-refractivity contribution in [2.45, 2.75) is 17.6 Å². The lowest BCUT2D eigenvalue weighted by atomic mass is 10.3. The Labute approximate surface area is 105 Å². The van der Waals surface area contributed by atoms with Crippen LogP contribution < -0.4 is 5.32 Å². The Hall–Kier alpha value is -1.21. The van der Waals surface area contributed by atoms with Crippen LogP contribution in [0.5, 0.6) is 0 Å². The van der Waals surface area contributed by atoms with Gasteiger partial charge in [-0.25, -0.2) is 8.42 Å². The first kappa shape index (κ1) is 14.8. The van der Waals surface area contributed by atoms with Gasteiger partial charge in [0, 0.05) is 18.8 Å². The standard InChI is InChI=1S/C11H15F2NO3S/c1-2-17-8-7-14-9-3-5-10(6-4-9)18(15,16)11(12)13/h3-6,11,14H,2,7-8H2,1H3. The van der Waals surface area contributed by atoms with Crippen molar-refractivity contribution in [1.82, 2.24) is 0 Å². The van der Waals surface area contributed by atoms with Crippen LogP contribution in [0.1, 0.15) is 6.92 Å². The number of hydrogen-bond donors (Lipinski definition) is 1. The monoisotopic (exact) mass is 279 g/mol. The predicted molar refractivity (Wildman–Crippen MR) is 64.6 cm³/mol. The molecule has 0 saturated heterocycles. The Morgan fingerprint density at radius 2 is 1.89 bits per heavy atom. The van der Waals surface area contributed by atoms with Gasteiger partial charge in [0.15, 0.2) is 0 Å². The van der Waals surface area contributed by atoms with E-state index in [1.54, 1.807) is 0 Å². The third-order valence-electron chi connectivity index (χ3n) is 2.20. The van der Waals surface area contributed by atoms with E-state index < -0.39 is 15.6 Å². The van der Waals surface area contributed by atoms with E-state index in [4.69, 9.17) is 4.74 Å². The lowest BCUT2D eigenvalue weighted by Crippen LogP contribution is -2.12. The summed E-state index contributed by atoms with van der Waals surface area (Å²) >= 11 is 0. The molecule has 7 heteroatoms. The van der Waals surface area contributed by atoms with Gasteiger partial charge >= 0.3 is 5.76 Å². The van der Waals surface area contributed by atoms with Crippen LogP contribution in [0, 0.1) is 0 Å². The topological polar surface area (TPSA) is 55.4 Å². The smallest absolute Gasteiger partial charge is 0.341 e. The van der Waals surface area contributed by atoms with E-state index >= 15 is 0 Å². The fourth-order valence-electron chi connectivity index (χ4n) is 1.28. The second-order valence-electron chi connectivity index (χ2n) is 3.45. The first-order valence-corrected chi connectivity index (χ1v) is 6.97. The third kappa shape index (κ3) is 3.92. The number of benzene rings is 1. The summed E-state index contributed by atoms with van der Waals surface area (Å²) in [5, 5.41) is 2.98. The van der Waals surface area contributed by atoms with Gasteiger partial charge < -0.3 is 10.1 Å². The Balaban J connectivity index is 2.63. The summed E-state index contributed by atoms with van der Waals surface area (Å²) in [6.45, 7) is 3.58. The fourth-order valence-corrected chi connectivity index (χ4v) is 2.00. The van der Waals surface area contributed by atoms with Crippen molar-refractivity contribution in [2.24, 2.45) is 0 Å². The van der Waals surface area contributed by atoms with E-state index in [-0.39, 0.29) is 4.90 Å². The zero-order valence-electron chi connectivity index (χ0n) is 9.90. The molecule has 1 aromatic carbocycles. The van der Waals surface area contributed by atoms with Crippen LogP contribution in [0.3, 0.4) is 0 Å². The van der Waals surface area contributed by atoms with Crippen molar-refractivity contribution < 1.29 is 21.9 Å². The summed E-state index contributed by atoms with van der Waals surface area (Å²) in [5.41, 5.74) is 0.655. The van der Waals surface area contributed by atoms with Crippen molar-refractivity contribution in [3.63, 3.8) is 0 Å². The van der Waals surface area contributed by atoms with Gasteiger partial charge in [-0.05, 0) is 31.2 Å². The molecular weight excluding hydrogens is 264 g/mol. The highest BCUT2D eigenvalue weighted by molar-refractivity contribution is 7.91. The molecular formula is C11H15F2NO3S. The Bertz CT molecular complexity index is 460. The van der Waals surface area contributed by atoms with Crippen LogP contribution >= 0.6 is 0 Å². The number of rotatable bonds is 7. The SMILES string of the molecule is CCOCCNc1ccc(S(=O)(=O)C(F)F)cc1. The summed E-state index contributed by atoms with van der Waals surface area (Å²) in [7, 11) is -4.51. The summed E-state index contributed by atoms with van der Waals surface area (Å²) in [4.78, 5) is -0.382. The first-order chi connectivity index (χ1) is 8.48. The molecule has 1 N–H and O–H groups in total. The quantitative estimate of drug-likeness (QED) is 0.777. The van der Waals surface area contributed by atoms with Crippen molar-refractivity contribution in [3.8, 4) is 0 Å². The Morgan fingerprint density at radius 3 is 2.39 bits per heavy atom. The normalized spacial score (nSPS) is 11.8.